The van der Waals surface area contributed by atoms with Gasteiger partial charge in [0.1, 0.15) is 0 Å². The van der Waals surface area contributed by atoms with Gasteiger partial charge < -0.3 is 20.3 Å². The van der Waals surface area contributed by atoms with E-state index in [1.54, 1.807) is 19.1 Å². The Balaban J connectivity index is 1.75. The van der Waals surface area contributed by atoms with Crippen LogP contribution in [0.25, 0.3) is 11.1 Å². The fourth-order valence-electron chi connectivity index (χ4n) is 4.69. The molecule has 0 saturated carbocycles. The van der Waals surface area contributed by atoms with Gasteiger partial charge in [-0.3, -0.25) is 9.59 Å². The Morgan fingerprint density at radius 1 is 0.914 bits per heavy atom. The quantitative estimate of drug-likeness (QED) is 0.487. The Kier molecular flexibility index (Phi) is 6.87. The Bertz CT molecular complexity index is 1290. The highest BCUT2D eigenvalue weighted by Crippen LogP contribution is 2.41. The molecule has 0 fully saturated rings. The summed E-state index contributed by atoms with van der Waals surface area (Å²) in [6.07, 6.45) is 0.699. The van der Waals surface area contributed by atoms with Crippen molar-refractivity contribution in [3.63, 3.8) is 0 Å². The summed E-state index contributed by atoms with van der Waals surface area (Å²) >= 11 is 0. The molecule has 0 saturated heterocycles. The third kappa shape index (κ3) is 5.19. The highest BCUT2D eigenvalue weighted by molar-refractivity contribution is 5.95. The lowest BCUT2D eigenvalue weighted by Gasteiger charge is -2.39. The largest absolute Gasteiger partial charge is 0.465 e. The molecule has 7 heteroatoms. The van der Waals surface area contributed by atoms with Crippen molar-refractivity contribution in [1.29, 1.82) is 0 Å². The average Bonchev–Trinajstić information content (AvgIpc) is 2.83. The van der Waals surface area contributed by atoms with E-state index in [1.165, 1.54) is 14.0 Å². The molecular formula is C28H29N3O4. The van der Waals surface area contributed by atoms with Gasteiger partial charge in [-0.25, -0.2) is 4.79 Å². The molecule has 2 amide bonds. The zero-order chi connectivity index (χ0) is 25.1. The number of hydrogen-bond donors (Lipinski definition) is 2. The van der Waals surface area contributed by atoms with Crippen LogP contribution in [-0.2, 0) is 14.3 Å². The first kappa shape index (κ1) is 24.0. The van der Waals surface area contributed by atoms with Crippen LogP contribution in [-0.4, -0.2) is 30.9 Å². The number of hydrogen-bond acceptors (Lipinski definition) is 5. The molecular weight excluding hydrogens is 442 g/mol. The predicted octanol–water partition coefficient (Wildman–Crippen LogP) is 5.40. The van der Waals surface area contributed by atoms with E-state index >= 15 is 0 Å². The lowest BCUT2D eigenvalue weighted by atomic mass is 9.88. The van der Waals surface area contributed by atoms with Crippen molar-refractivity contribution in [1.82, 2.24) is 0 Å². The molecule has 1 aliphatic rings. The molecule has 7 nitrogen and oxygen atoms in total. The predicted molar refractivity (Wildman–Crippen MR) is 138 cm³/mol. The molecule has 2 atom stereocenters. The maximum absolute atomic E-state index is 12.5. The normalized spacial score (nSPS) is 16.7. The van der Waals surface area contributed by atoms with Crippen molar-refractivity contribution in [3.05, 3.63) is 77.9 Å². The molecule has 4 rings (SSSR count). The minimum Gasteiger partial charge on any atom is -0.465 e. The number of amides is 2. The van der Waals surface area contributed by atoms with E-state index in [9.17, 15) is 14.4 Å². The number of carbonyl (C=O) groups excluding carboxylic acids is 3. The summed E-state index contributed by atoms with van der Waals surface area (Å²) < 4.78 is 4.86. The summed E-state index contributed by atoms with van der Waals surface area (Å²) in [4.78, 5) is 37.8. The summed E-state index contributed by atoms with van der Waals surface area (Å²) in [6.45, 7) is 5.10. The molecule has 0 spiro atoms. The molecule has 0 aromatic heterocycles. The Labute approximate surface area is 205 Å². The third-order valence-electron chi connectivity index (χ3n) is 6.16. The standard InChI is InChI=1S/C28H29N3O4/c1-17-13-26(30-24-10-6-8-22(15-24)28(34)35-4)25-16-21(11-12-27(25)31(17)19(3)33)20-7-5-9-23(14-20)29-18(2)32/h5-12,14-17,26,30H,13H2,1-4H3,(H,29,32). The fraction of sp³-hybridized carbons (Fsp3) is 0.250. The van der Waals surface area contributed by atoms with Crippen LogP contribution >= 0.6 is 0 Å². The topological polar surface area (TPSA) is 87.7 Å². The SMILES string of the molecule is COC(=O)c1cccc(NC2CC(C)N(C(C)=O)c3ccc(-c4cccc(NC(C)=O)c4)cc32)c1. The summed E-state index contributed by atoms with van der Waals surface area (Å²) in [5.41, 5.74) is 5.77. The van der Waals surface area contributed by atoms with E-state index in [-0.39, 0.29) is 23.9 Å². The molecule has 1 heterocycles. The van der Waals surface area contributed by atoms with Crippen LogP contribution in [0.1, 0.15) is 49.2 Å². The second kappa shape index (κ2) is 10.0. The molecule has 3 aromatic carbocycles. The van der Waals surface area contributed by atoms with Crippen LogP contribution in [0.5, 0.6) is 0 Å². The Morgan fingerprint density at radius 2 is 1.63 bits per heavy atom. The molecule has 3 aromatic rings. The van der Waals surface area contributed by atoms with Crippen molar-refractivity contribution < 1.29 is 19.1 Å². The number of methoxy groups -OCH3 is 1. The van der Waals surface area contributed by atoms with Gasteiger partial charge in [0.15, 0.2) is 0 Å². The second-order valence-corrected chi connectivity index (χ2v) is 8.78. The summed E-state index contributed by atoms with van der Waals surface area (Å²) in [5.74, 6) is -0.530. The molecule has 35 heavy (non-hydrogen) atoms. The smallest absolute Gasteiger partial charge is 0.337 e. The van der Waals surface area contributed by atoms with Crippen molar-refractivity contribution in [2.24, 2.45) is 0 Å². The lowest BCUT2D eigenvalue weighted by molar-refractivity contribution is -0.117. The third-order valence-corrected chi connectivity index (χ3v) is 6.16. The van der Waals surface area contributed by atoms with Crippen molar-refractivity contribution in [3.8, 4) is 11.1 Å². The minimum absolute atomic E-state index is 0.00441. The van der Waals surface area contributed by atoms with E-state index in [0.717, 1.165) is 33.8 Å². The van der Waals surface area contributed by atoms with Crippen LogP contribution in [0.4, 0.5) is 17.1 Å². The van der Waals surface area contributed by atoms with E-state index in [1.807, 2.05) is 60.4 Å². The molecule has 0 bridgehead atoms. The number of esters is 1. The molecule has 2 unspecified atom stereocenters. The van der Waals surface area contributed by atoms with Crippen molar-refractivity contribution >= 4 is 34.8 Å². The van der Waals surface area contributed by atoms with Gasteiger partial charge in [0.05, 0.1) is 18.7 Å². The van der Waals surface area contributed by atoms with Gasteiger partial charge in [0.25, 0.3) is 0 Å². The molecule has 1 aliphatic heterocycles. The molecule has 2 N–H and O–H groups in total. The number of ether oxygens (including phenoxy) is 1. The summed E-state index contributed by atoms with van der Waals surface area (Å²) in [5, 5.41) is 6.38. The number of carbonyl (C=O) groups is 3. The maximum Gasteiger partial charge on any atom is 0.337 e. The minimum atomic E-state index is -0.393. The lowest BCUT2D eigenvalue weighted by Crippen LogP contribution is -2.43. The van der Waals surface area contributed by atoms with Gasteiger partial charge in [0.2, 0.25) is 11.8 Å². The zero-order valence-electron chi connectivity index (χ0n) is 20.3. The zero-order valence-corrected chi connectivity index (χ0v) is 20.3. The maximum atomic E-state index is 12.5. The first-order valence-electron chi connectivity index (χ1n) is 11.5. The number of nitrogens with one attached hydrogen (secondary N) is 2. The van der Waals surface area contributed by atoms with Crippen LogP contribution < -0.4 is 15.5 Å². The number of benzene rings is 3. The van der Waals surface area contributed by atoms with Crippen molar-refractivity contribution in [2.75, 3.05) is 22.6 Å². The Hall–Kier alpha value is -4.13. The highest BCUT2D eigenvalue weighted by atomic mass is 16.5. The first-order valence-corrected chi connectivity index (χ1v) is 11.5. The van der Waals surface area contributed by atoms with Gasteiger partial charge >= 0.3 is 5.97 Å². The van der Waals surface area contributed by atoms with Crippen LogP contribution in [0, 0.1) is 0 Å². The number of rotatable bonds is 5. The fourth-order valence-corrected chi connectivity index (χ4v) is 4.69. The van der Waals surface area contributed by atoms with Crippen molar-refractivity contribution in [2.45, 2.75) is 39.3 Å². The van der Waals surface area contributed by atoms with Gasteiger partial charge in [-0.2, -0.15) is 0 Å². The molecule has 0 radical (unpaired) electrons. The van der Waals surface area contributed by atoms with E-state index in [4.69, 9.17) is 4.74 Å². The van der Waals surface area contributed by atoms with Gasteiger partial charge in [-0.05, 0) is 72.5 Å². The van der Waals surface area contributed by atoms with E-state index in [2.05, 4.69) is 16.7 Å². The Morgan fingerprint density at radius 3 is 2.34 bits per heavy atom. The van der Waals surface area contributed by atoms with Crippen LogP contribution in [0.2, 0.25) is 0 Å². The second-order valence-electron chi connectivity index (χ2n) is 8.78. The number of anilines is 3. The number of nitrogens with zero attached hydrogens (tertiary/aromatic N) is 1. The highest BCUT2D eigenvalue weighted by Gasteiger charge is 2.32. The molecule has 0 aliphatic carbocycles. The van der Waals surface area contributed by atoms with E-state index < -0.39 is 5.97 Å². The van der Waals surface area contributed by atoms with E-state index in [0.29, 0.717) is 12.0 Å². The van der Waals surface area contributed by atoms with Gasteiger partial charge in [-0.15, -0.1) is 0 Å². The summed E-state index contributed by atoms with van der Waals surface area (Å²) in [6, 6.07) is 20.9. The monoisotopic (exact) mass is 471 g/mol. The van der Waals surface area contributed by atoms with Crippen LogP contribution in [0.15, 0.2) is 66.7 Å². The average molecular weight is 472 g/mol. The van der Waals surface area contributed by atoms with Crippen LogP contribution in [0.3, 0.4) is 0 Å². The molecule has 180 valence electrons. The van der Waals surface area contributed by atoms with Gasteiger partial charge in [-0.1, -0.05) is 24.3 Å². The first-order chi connectivity index (χ1) is 16.8. The van der Waals surface area contributed by atoms with Gasteiger partial charge in [0, 0.05) is 37.0 Å². The number of fused-ring (bicyclic) bond motifs is 1. The summed E-state index contributed by atoms with van der Waals surface area (Å²) in [7, 11) is 1.36.